The van der Waals surface area contributed by atoms with Crippen LogP contribution in [-0.4, -0.2) is 38.0 Å². The van der Waals surface area contributed by atoms with Gasteiger partial charge >= 0.3 is 5.97 Å². The van der Waals surface area contributed by atoms with E-state index in [-0.39, 0.29) is 12.1 Å². The quantitative estimate of drug-likeness (QED) is 0.715. The van der Waals surface area contributed by atoms with Crippen molar-refractivity contribution in [1.29, 1.82) is 0 Å². The number of hydrogen-bond acceptors (Lipinski definition) is 4. The van der Waals surface area contributed by atoms with Gasteiger partial charge in [0.05, 0.1) is 5.56 Å². The van der Waals surface area contributed by atoms with Crippen molar-refractivity contribution in [2.45, 2.75) is 17.7 Å². The van der Waals surface area contributed by atoms with Crippen molar-refractivity contribution in [3.63, 3.8) is 0 Å². The van der Waals surface area contributed by atoms with Gasteiger partial charge in [-0.25, -0.2) is 22.3 Å². The molecule has 5 nitrogen and oxygen atoms in total. The van der Waals surface area contributed by atoms with E-state index in [0.29, 0.717) is 6.42 Å². The topological polar surface area (TPSA) is 83.5 Å². The summed E-state index contributed by atoms with van der Waals surface area (Å²) in [7, 11) is -4.03. The first-order valence-corrected chi connectivity index (χ1v) is 8.77. The lowest BCUT2D eigenvalue weighted by Gasteiger charge is -2.08. The number of halogens is 1. The molecule has 0 aliphatic carbocycles. The zero-order valence-corrected chi connectivity index (χ0v) is 12.6. The van der Waals surface area contributed by atoms with Crippen molar-refractivity contribution in [3.8, 4) is 0 Å². The molecule has 0 aliphatic heterocycles. The average Bonchev–Trinajstić information content (AvgIpc) is 2.38. The van der Waals surface area contributed by atoms with Gasteiger partial charge in [0.1, 0.15) is 10.7 Å². The van der Waals surface area contributed by atoms with Gasteiger partial charge in [0.15, 0.2) is 0 Å². The number of nitrogens with one attached hydrogen (secondary N) is 1. The van der Waals surface area contributed by atoms with E-state index < -0.39 is 26.7 Å². The summed E-state index contributed by atoms with van der Waals surface area (Å²) in [6.45, 7) is 0.194. The van der Waals surface area contributed by atoms with E-state index in [2.05, 4.69) is 4.72 Å². The molecule has 0 saturated carbocycles. The first-order chi connectivity index (χ1) is 9.38. The van der Waals surface area contributed by atoms with E-state index in [1.165, 1.54) is 0 Å². The third-order valence-corrected chi connectivity index (χ3v) is 4.71. The minimum absolute atomic E-state index is 0.194. The van der Waals surface area contributed by atoms with E-state index in [0.717, 1.165) is 30.4 Å². The van der Waals surface area contributed by atoms with Gasteiger partial charge in [-0.2, -0.15) is 11.8 Å². The Labute approximate surface area is 121 Å². The Morgan fingerprint density at radius 2 is 2.10 bits per heavy atom. The lowest BCUT2D eigenvalue weighted by Crippen LogP contribution is -2.26. The van der Waals surface area contributed by atoms with Crippen LogP contribution in [0.4, 0.5) is 4.39 Å². The van der Waals surface area contributed by atoms with E-state index in [1.54, 1.807) is 11.8 Å². The zero-order chi connectivity index (χ0) is 15.2. The highest BCUT2D eigenvalue weighted by Gasteiger charge is 2.20. The molecule has 0 aliphatic rings. The van der Waals surface area contributed by atoms with Gasteiger partial charge in [-0.05, 0) is 43.0 Å². The van der Waals surface area contributed by atoms with Gasteiger partial charge in [-0.1, -0.05) is 0 Å². The molecule has 0 radical (unpaired) electrons. The summed E-state index contributed by atoms with van der Waals surface area (Å²) in [5, 5.41) is 8.80. The number of aromatic carboxylic acids is 1. The van der Waals surface area contributed by atoms with Crippen molar-refractivity contribution < 1.29 is 22.7 Å². The predicted molar refractivity (Wildman–Crippen MR) is 76.2 cm³/mol. The summed E-state index contributed by atoms with van der Waals surface area (Å²) in [6.07, 6.45) is 3.44. The van der Waals surface area contributed by atoms with Crippen LogP contribution in [0, 0.1) is 5.82 Å². The molecule has 0 unspecified atom stereocenters. The number of hydrogen-bond donors (Lipinski definition) is 2. The second-order valence-electron chi connectivity index (χ2n) is 4.05. The maximum Gasteiger partial charge on any atom is 0.335 e. The van der Waals surface area contributed by atoms with Crippen LogP contribution < -0.4 is 4.72 Å². The smallest absolute Gasteiger partial charge is 0.335 e. The molecule has 0 atom stereocenters. The Balaban J connectivity index is 2.81. The van der Waals surface area contributed by atoms with Gasteiger partial charge in [0, 0.05) is 6.54 Å². The van der Waals surface area contributed by atoms with Crippen LogP contribution in [0.3, 0.4) is 0 Å². The van der Waals surface area contributed by atoms with Crippen molar-refractivity contribution in [2.75, 3.05) is 18.6 Å². The van der Waals surface area contributed by atoms with E-state index in [9.17, 15) is 17.6 Å². The number of benzene rings is 1. The molecule has 0 aromatic heterocycles. The van der Waals surface area contributed by atoms with E-state index in [1.807, 2.05) is 6.26 Å². The minimum atomic E-state index is -4.03. The Bertz CT molecular complexity index is 575. The second-order valence-corrected chi connectivity index (χ2v) is 6.77. The number of sulfonamides is 1. The summed E-state index contributed by atoms with van der Waals surface area (Å²) in [6, 6.07) is 2.68. The molecular formula is C12H16FNO4S2. The number of carbonyl (C=O) groups is 1. The molecule has 1 rings (SSSR count). The first-order valence-electron chi connectivity index (χ1n) is 5.90. The molecule has 1 aromatic carbocycles. The highest BCUT2D eigenvalue weighted by Crippen LogP contribution is 2.16. The molecule has 0 heterocycles. The Kier molecular flexibility index (Phi) is 6.44. The van der Waals surface area contributed by atoms with Crippen LogP contribution in [0.15, 0.2) is 23.1 Å². The molecule has 112 valence electrons. The number of rotatable bonds is 8. The largest absolute Gasteiger partial charge is 0.478 e. The molecule has 0 fully saturated rings. The maximum absolute atomic E-state index is 13.5. The number of carboxylic acid groups (broad SMARTS) is 1. The standard InChI is InChI=1S/C12H16FNO4S2/c1-19-7-3-2-6-14-20(17,18)11-8-9(12(15)16)4-5-10(11)13/h4-5,8,14H,2-3,6-7H2,1H3,(H,15,16). The van der Waals surface area contributed by atoms with Crippen molar-refractivity contribution >= 4 is 27.8 Å². The van der Waals surface area contributed by atoms with E-state index >= 15 is 0 Å². The number of unbranched alkanes of at least 4 members (excludes halogenated alkanes) is 1. The monoisotopic (exact) mass is 321 g/mol. The second kappa shape index (κ2) is 7.61. The highest BCUT2D eigenvalue weighted by molar-refractivity contribution is 7.98. The van der Waals surface area contributed by atoms with Crippen LogP contribution in [0.25, 0.3) is 0 Å². The van der Waals surface area contributed by atoms with E-state index in [4.69, 9.17) is 5.11 Å². The number of carboxylic acids is 1. The lowest BCUT2D eigenvalue weighted by molar-refractivity contribution is 0.0696. The van der Waals surface area contributed by atoms with Gasteiger partial charge in [0.25, 0.3) is 0 Å². The normalized spacial score (nSPS) is 11.5. The molecule has 0 amide bonds. The first kappa shape index (κ1) is 16.9. The predicted octanol–water partition coefficient (Wildman–Crippen LogP) is 1.95. The summed E-state index contributed by atoms with van der Waals surface area (Å²) < 4.78 is 39.6. The summed E-state index contributed by atoms with van der Waals surface area (Å²) >= 11 is 1.66. The van der Waals surface area contributed by atoms with Gasteiger partial charge in [-0.15, -0.1) is 0 Å². The third-order valence-electron chi connectivity index (χ3n) is 2.53. The van der Waals surface area contributed by atoms with Crippen LogP contribution in [0.1, 0.15) is 23.2 Å². The lowest BCUT2D eigenvalue weighted by atomic mass is 10.2. The maximum atomic E-state index is 13.5. The number of thioether (sulfide) groups is 1. The Morgan fingerprint density at radius 1 is 1.40 bits per heavy atom. The summed E-state index contributed by atoms with van der Waals surface area (Å²) in [5.74, 6) is -1.35. The van der Waals surface area contributed by atoms with Crippen LogP contribution in [-0.2, 0) is 10.0 Å². The van der Waals surface area contributed by atoms with Crippen LogP contribution in [0.2, 0.25) is 0 Å². The van der Waals surface area contributed by atoms with Gasteiger partial charge in [-0.3, -0.25) is 0 Å². The molecule has 0 spiro atoms. The fraction of sp³-hybridized carbons (Fsp3) is 0.417. The molecule has 20 heavy (non-hydrogen) atoms. The van der Waals surface area contributed by atoms with Crippen molar-refractivity contribution in [1.82, 2.24) is 4.72 Å². The molecule has 2 N–H and O–H groups in total. The van der Waals surface area contributed by atoms with Crippen LogP contribution >= 0.6 is 11.8 Å². The summed E-state index contributed by atoms with van der Waals surface area (Å²) in [4.78, 5) is 10.1. The molecular weight excluding hydrogens is 305 g/mol. The van der Waals surface area contributed by atoms with Gasteiger partial charge in [0.2, 0.25) is 10.0 Å². The fourth-order valence-electron chi connectivity index (χ4n) is 1.50. The zero-order valence-electron chi connectivity index (χ0n) is 10.9. The summed E-state index contributed by atoms with van der Waals surface area (Å²) in [5.41, 5.74) is -0.269. The minimum Gasteiger partial charge on any atom is -0.478 e. The van der Waals surface area contributed by atoms with Crippen molar-refractivity contribution in [2.24, 2.45) is 0 Å². The third kappa shape index (κ3) is 4.77. The van der Waals surface area contributed by atoms with Crippen LogP contribution in [0.5, 0.6) is 0 Å². The van der Waals surface area contributed by atoms with Gasteiger partial charge < -0.3 is 5.11 Å². The average molecular weight is 321 g/mol. The van der Waals surface area contributed by atoms with Crippen molar-refractivity contribution in [3.05, 3.63) is 29.6 Å². The molecule has 0 saturated heterocycles. The molecule has 8 heteroatoms. The Hall–Kier alpha value is -1.12. The SMILES string of the molecule is CSCCCCNS(=O)(=O)c1cc(C(=O)O)ccc1F. The molecule has 1 aromatic rings. The fourth-order valence-corrected chi connectivity index (χ4v) is 3.17. The Morgan fingerprint density at radius 3 is 2.70 bits per heavy atom. The highest BCUT2D eigenvalue weighted by atomic mass is 32.2. The molecule has 0 bridgehead atoms.